The normalized spacial score (nSPS) is 11.2. The first-order chi connectivity index (χ1) is 7.23. The van der Waals surface area contributed by atoms with Crippen molar-refractivity contribution in [2.24, 2.45) is 0 Å². The fourth-order valence-corrected chi connectivity index (χ4v) is 1.47. The zero-order chi connectivity index (χ0) is 12.5. The second-order valence-electron chi connectivity index (χ2n) is 4.59. The maximum Gasteiger partial charge on any atom is 0.0718 e. The lowest BCUT2D eigenvalue weighted by atomic mass is 9.83. The van der Waals surface area contributed by atoms with Gasteiger partial charge in [0.05, 0.1) is 11.9 Å². The molecule has 0 spiro atoms. The van der Waals surface area contributed by atoms with Crippen molar-refractivity contribution in [2.45, 2.75) is 26.2 Å². The summed E-state index contributed by atoms with van der Waals surface area (Å²) in [5.74, 6) is -2.63. The average Bonchev–Trinajstić information content (AvgIpc) is 2.15. The van der Waals surface area contributed by atoms with Gasteiger partial charge in [-0.15, -0.1) is 0 Å². The number of rotatable bonds is 2. The monoisotopic (exact) mass is 220 g/mol. The van der Waals surface area contributed by atoms with Crippen LogP contribution in [0.1, 0.15) is 47.1 Å². The number of hydrogen-bond donors (Lipinski definition) is 0. The van der Waals surface area contributed by atoms with Crippen molar-refractivity contribution in [1.82, 2.24) is 0 Å². The lowest BCUT2D eigenvalue weighted by Crippen LogP contribution is -2.29. The second-order valence-corrected chi connectivity index (χ2v) is 4.59. The molecule has 16 heavy (non-hydrogen) atoms. The third-order valence-corrected chi connectivity index (χ3v) is 2.28. The quantitative estimate of drug-likeness (QED) is 0.686. The summed E-state index contributed by atoms with van der Waals surface area (Å²) in [4.78, 5) is 21.6. The largest absolute Gasteiger partial charge is 0.545 e. The standard InChI is InChI=1S/C12H14O4/c1-12(2,3)9-6-7(10(13)14)4-5-8(9)11(15)16/h4-6H,1-3H3,(H,13,14)(H,15,16)/p-2. The molecule has 0 unspecified atom stereocenters. The second kappa shape index (κ2) is 3.96. The Morgan fingerprint density at radius 3 is 2.00 bits per heavy atom. The molecule has 0 aliphatic heterocycles. The molecule has 1 rings (SSSR count). The summed E-state index contributed by atoms with van der Waals surface area (Å²) in [5.41, 5.74) is -0.0671. The molecule has 0 saturated heterocycles. The first-order valence-corrected chi connectivity index (χ1v) is 4.80. The Morgan fingerprint density at radius 1 is 1.06 bits per heavy atom. The minimum absolute atomic E-state index is 0.0116. The van der Waals surface area contributed by atoms with E-state index in [9.17, 15) is 19.8 Å². The molecule has 0 N–H and O–H groups in total. The van der Waals surface area contributed by atoms with Gasteiger partial charge in [-0.2, -0.15) is 0 Å². The Hall–Kier alpha value is -1.84. The van der Waals surface area contributed by atoms with Crippen LogP contribution in [0.4, 0.5) is 0 Å². The number of hydrogen-bond acceptors (Lipinski definition) is 4. The van der Waals surface area contributed by atoms with Gasteiger partial charge in [-0.05, 0) is 22.6 Å². The van der Waals surface area contributed by atoms with Crippen molar-refractivity contribution in [2.75, 3.05) is 0 Å². The Kier molecular flexibility index (Phi) is 3.03. The van der Waals surface area contributed by atoms with Gasteiger partial charge in [0, 0.05) is 5.56 Å². The molecule has 0 aliphatic rings. The van der Waals surface area contributed by atoms with E-state index in [1.54, 1.807) is 20.8 Å². The van der Waals surface area contributed by atoms with Gasteiger partial charge in [-0.3, -0.25) is 0 Å². The van der Waals surface area contributed by atoms with Gasteiger partial charge in [-0.1, -0.05) is 32.9 Å². The summed E-state index contributed by atoms with van der Waals surface area (Å²) < 4.78 is 0. The average molecular weight is 220 g/mol. The molecule has 0 aromatic heterocycles. The van der Waals surface area contributed by atoms with E-state index < -0.39 is 17.4 Å². The molecular formula is C12H12O4-2. The highest BCUT2D eigenvalue weighted by molar-refractivity contribution is 5.92. The molecule has 0 aliphatic carbocycles. The third kappa shape index (κ3) is 2.39. The SMILES string of the molecule is CC(C)(C)c1cc(C(=O)[O-])ccc1C(=O)[O-]. The van der Waals surface area contributed by atoms with Crippen LogP contribution in [0.25, 0.3) is 0 Å². The molecule has 0 radical (unpaired) electrons. The highest BCUT2D eigenvalue weighted by Gasteiger charge is 2.19. The molecule has 0 amide bonds. The summed E-state index contributed by atoms with van der Waals surface area (Å²) in [6, 6.07) is 3.76. The van der Waals surface area contributed by atoms with Crippen molar-refractivity contribution in [1.29, 1.82) is 0 Å². The molecule has 1 aromatic carbocycles. The highest BCUT2D eigenvalue weighted by atomic mass is 16.4. The maximum atomic E-state index is 10.9. The number of aromatic carboxylic acids is 2. The fraction of sp³-hybridized carbons (Fsp3) is 0.333. The van der Waals surface area contributed by atoms with Crippen LogP contribution >= 0.6 is 0 Å². The topological polar surface area (TPSA) is 80.3 Å². The van der Waals surface area contributed by atoms with Crippen molar-refractivity contribution >= 4 is 11.9 Å². The van der Waals surface area contributed by atoms with Gasteiger partial charge in [0.1, 0.15) is 0 Å². The van der Waals surface area contributed by atoms with Crippen LogP contribution in [-0.4, -0.2) is 11.9 Å². The van der Waals surface area contributed by atoms with Crippen LogP contribution in [0.15, 0.2) is 18.2 Å². The van der Waals surface area contributed by atoms with Crippen molar-refractivity contribution in [3.05, 3.63) is 34.9 Å². The molecule has 0 fully saturated rings. The molecule has 1 aromatic rings. The smallest absolute Gasteiger partial charge is 0.0718 e. The van der Waals surface area contributed by atoms with E-state index in [1.807, 2.05) is 0 Å². The van der Waals surface area contributed by atoms with E-state index >= 15 is 0 Å². The highest BCUT2D eigenvalue weighted by Crippen LogP contribution is 2.26. The first kappa shape index (κ1) is 12.2. The van der Waals surface area contributed by atoms with E-state index in [1.165, 1.54) is 18.2 Å². The van der Waals surface area contributed by atoms with Gasteiger partial charge >= 0.3 is 0 Å². The third-order valence-electron chi connectivity index (χ3n) is 2.28. The van der Waals surface area contributed by atoms with Crippen molar-refractivity contribution < 1.29 is 19.8 Å². The number of carboxylic acids is 2. The summed E-state index contributed by atoms with van der Waals surface area (Å²) in [6.45, 7) is 5.40. The summed E-state index contributed by atoms with van der Waals surface area (Å²) in [5, 5.41) is 21.6. The summed E-state index contributed by atoms with van der Waals surface area (Å²) in [6.07, 6.45) is 0. The molecule has 4 heteroatoms. The van der Waals surface area contributed by atoms with E-state index in [0.717, 1.165) is 0 Å². The lowest BCUT2D eigenvalue weighted by Gasteiger charge is -2.24. The van der Waals surface area contributed by atoms with Crippen LogP contribution in [0.3, 0.4) is 0 Å². The predicted octanol–water partition coefficient (Wildman–Crippen LogP) is -0.289. The summed E-state index contributed by atoms with van der Waals surface area (Å²) >= 11 is 0. The molecule has 0 heterocycles. The molecule has 4 nitrogen and oxygen atoms in total. The number of carboxylic acid groups (broad SMARTS) is 2. The van der Waals surface area contributed by atoms with E-state index in [2.05, 4.69) is 0 Å². The van der Waals surface area contributed by atoms with Gasteiger partial charge in [0.25, 0.3) is 0 Å². The predicted molar refractivity (Wildman–Crippen MR) is 53.8 cm³/mol. The van der Waals surface area contributed by atoms with E-state index in [0.29, 0.717) is 5.56 Å². The Labute approximate surface area is 93.5 Å². The minimum Gasteiger partial charge on any atom is -0.545 e. The number of benzene rings is 1. The zero-order valence-corrected chi connectivity index (χ0v) is 9.37. The van der Waals surface area contributed by atoms with Gasteiger partial charge in [0.2, 0.25) is 0 Å². The zero-order valence-electron chi connectivity index (χ0n) is 9.37. The number of carbonyl (C=O) groups is 2. The van der Waals surface area contributed by atoms with Gasteiger partial charge < -0.3 is 19.8 Å². The molecule has 0 atom stereocenters. The minimum atomic E-state index is -1.32. The number of carbonyl (C=O) groups excluding carboxylic acids is 2. The molecule has 0 bridgehead atoms. The first-order valence-electron chi connectivity index (χ1n) is 4.80. The molecular weight excluding hydrogens is 208 g/mol. The van der Waals surface area contributed by atoms with Crippen molar-refractivity contribution in [3.8, 4) is 0 Å². The van der Waals surface area contributed by atoms with Crippen molar-refractivity contribution in [3.63, 3.8) is 0 Å². The maximum absolute atomic E-state index is 10.9. The Balaban J connectivity index is 3.45. The van der Waals surface area contributed by atoms with Gasteiger partial charge in [-0.25, -0.2) is 0 Å². The van der Waals surface area contributed by atoms with Crippen LogP contribution in [0.2, 0.25) is 0 Å². The lowest BCUT2D eigenvalue weighted by molar-refractivity contribution is -0.256. The van der Waals surface area contributed by atoms with E-state index in [4.69, 9.17) is 0 Å². The summed E-state index contributed by atoms with van der Waals surface area (Å²) in [7, 11) is 0. The Morgan fingerprint density at radius 2 is 1.62 bits per heavy atom. The molecule has 0 saturated carbocycles. The Bertz CT molecular complexity index is 441. The van der Waals surface area contributed by atoms with Crippen LogP contribution < -0.4 is 10.2 Å². The van der Waals surface area contributed by atoms with Crippen LogP contribution in [0.5, 0.6) is 0 Å². The fourth-order valence-electron chi connectivity index (χ4n) is 1.47. The molecule has 86 valence electrons. The van der Waals surface area contributed by atoms with Gasteiger partial charge in [0.15, 0.2) is 0 Å². The van der Waals surface area contributed by atoms with Crippen LogP contribution in [0, 0.1) is 0 Å². The van der Waals surface area contributed by atoms with E-state index in [-0.39, 0.29) is 11.1 Å². The van der Waals surface area contributed by atoms with Crippen LogP contribution in [-0.2, 0) is 5.41 Å².